The number of aryl methyl sites for hydroxylation is 1. The third-order valence-electron chi connectivity index (χ3n) is 2.38. The lowest BCUT2D eigenvalue weighted by Gasteiger charge is -1.96. The van der Waals surface area contributed by atoms with Crippen LogP contribution in [0.1, 0.15) is 13.8 Å². The van der Waals surface area contributed by atoms with Gasteiger partial charge in [-0.2, -0.15) is 0 Å². The van der Waals surface area contributed by atoms with Gasteiger partial charge >= 0.3 is 0 Å². The van der Waals surface area contributed by atoms with Gasteiger partial charge in [-0.05, 0) is 6.07 Å². The lowest BCUT2D eigenvalue weighted by atomic mass is 10.4. The number of imidazole rings is 1. The fourth-order valence-corrected chi connectivity index (χ4v) is 1.69. The Bertz CT molecular complexity index is 674. The summed E-state index contributed by atoms with van der Waals surface area (Å²) in [6.45, 7) is 4.00. The van der Waals surface area contributed by atoms with Crippen LogP contribution in [0.2, 0.25) is 0 Å². The van der Waals surface area contributed by atoms with Crippen LogP contribution in [-0.4, -0.2) is 18.9 Å². The van der Waals surface area contributed by atoms with Crippen LogP contribution >= 0.6 is 0 Å². The standard InChI is InChI=1S/C9H8N4O.C2H6/c1-12-4-2-6-7(12)8(14)13-5-3-10-9(13)11-6;1-2/h2-5H,1H3,(H,10,11);1-2H3. The van der Waals surface area contributed by atoms with Gasteiger partial charge in [0.15, 0.2) is 0 Å². The quantitative estimate of drug-likeness (QED) is 0.622. The third kappa shape index (κ3) is 1.32. The van der Waals surface area contributed by atoms with Crippen LogP contribution in [0.25, 0.3) is 16.8 Å². The molecular formula is C11H14N4O. The van der Waals surface area contributed by atoms with Crippen molar-refractivity contribution < 1.29 is 0 Å². The molecule has 3 aromatic rings. The number of fused-ring (bicyclic) bond motifs is 2. The van der Waals surface area contributed by atoms with E-state index in [0.29, 0.717) is 11.3 Å². The predicted molar refractivity (Wildman–Crippen MR) is 63.6 cm³/mol. The summed E-state index contributed by atoms with van der Waals surface area (Å²) in [6.07, 6.45) is 5.11. The molecule has 0 bridgehead atoms. The minimum Gasteiger partial charge on any atom is -0.345 e. The third-order valence-corrected chi connectivity index (χ3v) is 2.38. The molecule has 0 spiro atoms. The first-order valence-corrected chi connectivity index (χ1v) is 5.28. The summed E-state index contributed by atoms with van der Waals surface area (Å²) < 4.78 is 3.30. The first-order valence-electron chi connectivity index (χ1n) is 5.28. The molecule has 0 aliphatic rings. The second-order valence-electron chi connectivity index (χ2n) is 3.24. The van der Waals surface area contributed by atoms with E-state index in [9.17, 15) is 4.79 Å². The van der Waals surface area contributed by atoms with Gasteiger partial charge in [-0.15, -0.1) is 0 Å². The highest BCUT2D eigenvalue weighted by atomic mass is 16.1. The number of rotatable bonds is 0. The van der Waals surface area contributed by atoms with Crippen LogP contribution < -0.4 is 5.56 Å². The molecule has 0 aromatic carbocycles. The molecule has 3 rings (SSSR count). The van der Waals surface area contributed by atoms with Crippen LogP contribution in [0, 0.1) is 0 Å². The van der Waals surface area contributed by atoms with Gasteiger partial charge in [0.1, 0.15) is 5.52 Å². The van der Waals surface area contributed by atoms with Gasteiger partial charge < -0.3 is 9.55 Å². The number of hydrogen-bond acceptors (Lipinski definition) is 2. The van der Waals surface area contributed by atoms with Gasteiger partial charge in [0.25, 0.3) is 5.56 Å². The molecular weight excluding hydrogens is 204 g/mol. The summed E-state index contributed by atoms with van der Waals surface area (Å²) >= 11 is 0. The monoisotopic (exact) mass is 218 g/mol. The Hall–Kier alpha value is -2.04. The van der Waals surface area contributed by atoms with Gasteiger partial charge in [-0.1, -0.05) is 13.8 Å². The van der Waals surface area contributed by atoms with E-state index >= 15 is 0 Å². The highest BCUT2D eigenvalue weighted by molar-refractivity contribution is 5.76. The summed E-state index contributed by atoms with van der Waals surface area (Å²) in [7, 11) is 1.85. The number of hydrogen-bond donors (Lipinski definition) is 1. The van der Waals surface area contributed by atoms with Crippen LogP contribution in [0.3, 0.4) is 0 Å². The largest absolute Gasteiger partial charge is 0.345 e. The topological polar surface area (TPSA) is 55.1 Å². The van der Waals surface area contributed by atoms with Crippen LogP contribution in [0.4, 0.5) is 0 Å². The maximum atomic E-state index is 11.9. The average molecular weight is 218 g/mol. The van der Waals surface area contributed by atoms with E-state index in [1.54, 1.807) is 17.0 Å². The molecule has 16 heavy (non-hydrogen) atoms. The van der Waals surface area contributed by atoms with E-state index < -0.39 is 0 Å². The highest BCUT2D eigenvalue weighted by Gasteiger charge is 2.07. The van der Waals surface area contributed by atoms with Gasteiger partial charge in [-0.25, -0.2) is 4.98 Å². The number of nitrogens with zero attached hydrogens (tertiary/aromatic N) is 3. The van der Waals surface area contributed by atoms with Crippen molar-refractivity contribution in [1.82, 2.24) is 18.9 Å². The van der Waals surface area contributed by atoms with Gasteiger partial charge in [0.2, 0.25) is 5.78 Å². The minimum atomic E-state index is -0.0428. The van der Waals surface area contributed by atoms with Crippen molar-refractivity contribution in [2.24, 2.45) is 7.05 Å². The first-order chi connectivity index (χ1) is 7.77. The van der Waals surface area contributed by atoms with Gasteiger partial charge in [0, 0.05) is 25.6 Å². The Kier molecular flexibility index (Phi) is 2.52. The summed E-state index contributed by atoms with van der Waals surface area (Å²) in [4.78, 5) is 19.0. The minimum absolute atomic E-state index is 0.0428. The summed E-state index contributed by atoms with van der Waals surface area (Å²) in [6, 6.07) is 1.87. The molecule has 1 N–H and O–H groups in total. The summed E-state index contributed by atoms with van der Waals surface area (Å²) in [5.74, 6) is 0.578. The Labute approximate surface area is 92.4 Å². The van der Waals surface area contributed by atoms with Crippen molar-refractivity contribution in [2.75, 3.05) is 0 Å². The molecule has 3 heterocycles. The Morgan fingerprint density at radius 2 is 2.06 bits per heavy atom. The van der Waals surface area contributed by atoms with E-state index in [1.165, 1.54) is 4.40 Å². The van der Waals surface area contributed by atoms with Gasteiger partial charge in [0.05, 0.1) is 5.52 Å². The Morgan fingerprint density at radius 3 is 2.81 bits per heavy atom. The van der Waals surface area contributed by atoms with Gasteiger partial charge in [-0.3, -0.25) is 9.20 Å². The Balaban J connectivity index is 0.000000457. The van der Waals surface area contributed by atoms with Crippen LogP contribution in [-0.2, 0) is 7.05 Å². The maximum absolute atomic E-state index is 11.9. The van der Waals surface area contributed by atoms with Crippen molar-refractivity contribution in [3.05, 3.63) is 35.0 Å². The number of nitrogens with one attached hydrogen (secondary N) is 1. The molecule has 5 heteroatoms. The van der Waals surface area contributed by atoms with Crippen molar-refractivity contribution in [3.63, 3.8) is 0 Å². The molecule has 5 nitrogen and oxygen atoms in total. The summed E-state index contributed by atoms with van der Waals surface area (Å²) in [5, 5.41) is 0. The van der Waals surface area contributed by atoms with E-state index in [4.69, 9.17) is 0 Å². The molecule has 0 unspecified atom stereocenters. The molecule has 0 aliphatic carbocycles. The number of aromatic amines is 1. The molecule has 0 saturated carbocycles. The van der Waals surface area contributed by atoms with Crippen molar-refractivity contribution in [2.45, 2.75) is 13.8 Å². The zero-order valence-corrected chi connectivity index (χ0v) is 9.56. The SMILES string of the molecule is CC.Cn1ccc2[nH]c3nccn3c(=O)c21. The van der Waals surface area contributed by atoms with E-state index in [2.05, 4.69) is 9.97 Å². The van der Waals surface area contributed by atoms with Crippen molar-refractivity contribution >= 4 is 16.8 Å². The molecule has 0 atom stereocenters. The predicted octanol–water partition coefficient (Wildman–Crippen LogP) is 1.54. The molecule has 0 fully saturated rings. The van der Waals surface area contributed by atoms with E-state index in [-0.39, 0.29) is 5.56 Å². The van der Waals surface area contributed by atoms with E-state index in [0.717, 1.165) is 5.52 Å². The average Bonchev–Trinajstić information content (AvgIpc) is 2.89. The molecule has 84 valence electrons. The highest BCUT2D eigenvalue weighted by Crippen LogP contribution is 2.08. The second-order valence-corrected chi connectivity index (χ2v) is 3.24. The lowest BCUT2D eigenvalue weighted by Crippen LogP contribution is -2.15. The fourth-order valence-electron chi connectivity index (χ4n) is 1.69. The van der Waals surface area contributed by atoms with E-state index in [1.807, 2.05) is 33.2 Å². The second kappa shape index (κ2) is 3.84. The van der Waals surface area contributed by atoms with Crippen molar-refractivity contribution in [1.29, 1.82) is 0 Å². The molecule has 0 radical (unpaired) electrons. The molecule has 0 aliphatic heterocycles. The lowest BCUT2D eigenvalue weighted by molar-refractivity contribution is 0.946. The van der Waals surface area contributed by atoms with Crippen LogP contribution in [0.5, 0.6) is 0 Å². The zero-order chi connectivity index (χ0) is 11.7. The molecule has 0 saturated heterocycles. The smallest absolute Gasteiger partial charge is 0.283 e. The fraction of sp³-hybridized carbons (Fsp3) is 0.273. The normalized spacial score (nSPS) is 10.4. The van der Waals surface area contributed by atoms with Crippen LogP contribution in [0.15, 0.2) is 29.5 Å². The number of H-pyrrole nitrogens is 1. The first kappa shape index (κ1) is 10.5. The maximum Gasteiger partial charge on any atom is 0.283 e. The summed E-state index contributed by atoms with van der Waals surface area (Å²) in [5.41, 5.74) is 1.44. The molecule has 0 amide bonds. The number of aromatic nitrogens is 4. The Morgan fingerprint density at radius 1 is 1.31 bits per heavy atom. The zero-order valence-electron chi connectivity index (χ0n) is 9.56. The van der Waals surface area contributed by atoms with Crippen molar-refractivity contribution in [3.8, 4) is 0 Å². The molecule has 3 aromatic heterocycles.